The molecule has 1 aromatic carbocycles. The van der Waals surface area contributed by atoms with Crippen LogP contribution in [0.2, 0.25) is 0 Å². The number of amides is 1. The second kappa shape index (κ2) is 7.74. The van der Waals surface area contributed by atoms with Gasteiger partial charge in [-0.2, -0.15) is 5.10 Å². The second-order valence-corrected chi connectivity index (χ2v) is 5.95. The second-order valence-electron chi connectivity index (χ2n) is 5.15. The first-order valence-corrected chi connectivity index (χ1v) is 8.66. The van der Waals surface area contributed by atoms with E-state index in [-0.39, 0.29) is 5.91 Å². The van der Waals surface area contributed by atoms with Crippen LogP contribution in [0, 0.1) is 0 Å². The molecule has 0 bridgehead atoms. The van der Waals surface area contributed by atoms with Crippen LogP contribution in [0.25, 0.3) is 0 Å². The van der Waals surface area contributed by atoms with Gasteiger partial charge in [0.2, 0.25) is 0 Å². The Hall–Kier alpha value is -2.67. The molecular formula is C17H17N5OS. The Morgan fingerprint density at radius 1 is 1.21 bits per heavy atom. The van der Waals surface area contributed by atoms with Gasteiger partial charge in [-0.15, -0.1) is 11.8 Å². The van der Waals surface area contributed by atoms with Gasteiger partial charge >= 0.3 is 0 Å². The number of hydrogen-bond acceptors (Lipinski definition) is 5. The third kappa shape index (κ3) is 3.99. The number of nitrogens with one attached hydrogen (secondary N) is 1. The van der Waals surface area contributed by atoms with Crippen LogP contribution in [0.1, 0.15) is 21.5 Å². The van der Waals surface area contributed by atoms with Crippen LogP contribution in [0.15, 0.2) is 60.3 Å². The molecule has 0 radical (unpaired) electrons. The lowest BCUT2D eigenvalue weighted by molar-refractivity contribution is 0.0947. The SMILES string of the molecule is CSc1ncccc1C(=O)NCc1ccc(Cn2cncn2)cc1. The lowest BCUT2D eigenvalue weighted by atomic mass is 10.1. The van der Waals surface area contributed by atoms with Gasteiger partial charge in [0.15, 0.2) is 0 Å². The molecule has 24 heavy (non-hydrogen) atoms. The van der Waals surface area contributed by atoms with E-state index in [2.05, 4.69) is 20.4 Å². The summed E-state index contributed by atoms with van der Waals surface area (Å²) in [6.45, 7) is 1.16. The maximum atomic E-state index is 12.3. The van der Waals surface area contributed by atoms with Gasteiger partial charge in [0.1, 0.15) is 17.7 Å². The van der Waals surface area contributed by atoms with E-state index < -0.39 is 0 Å². The van der Waals surface area contributed by atoms with E-state index in [9.17, 15) is 4.79 Å². The summed E-state index contributed by atoms with van der Waals surface area (Å²) in [6, 6.07) is 11.6. The standard InChI is InChI=1S/C17H17N5OS/c1-24-17-15(3-2-8-19-17)16(23)20-9-13-4-6-14(7-5-13)10-22-12-18-11-21-22/h2-8,11-12H,9-10H2,1H3,(H,20,23). The quantitative estimate of drug-likeness (QED) is 0.698. The summed E-state index contributed by atoms with van der Waals surface area (Å²) >= 11 is 1.46. The van der Waals surface area contributed by atoms with Gasteiger partial charge in [-0.3, -0.25) is 4.79 Å². The van der Waals surface area contributed by atoms with Crippen LogP contribution in [0.4, 0.5) is 0 Å². The molecule has 0 aliphatic rings. The predicted octanol–water partition coefficient (Wildman–Crippen LogP) is 2.37. The first kappa shape index (κ1) is 16.2. The highest BCUT2D eigenvalue weighted by Crippen LogP contribution is 2.16. The Labute approximate surface area is 144 Å². The average molecular weight is 339 g/mol. The third-order valence-corrected chi connectivity index (χ3v) is 4.21. The predicted molar refractivity (Wildman–Crippen MR) is 92.8 cm³/mol. The molecule has 0 saturated heterocycles. The smallest absolute Gasteiger partial charge is 0.254 e. The molecule has 1 N–H and O–H groups in total. The van der Waals surface area contributed by atoms with Gasteiger partial charge in [0.05, 0.1) is 12.1 Å². The zero-order valence-electron chi connectivity index (χ0n) is 13.2. The number of rotatable bonds is 6. The monoisotopic (exact) mass is 339 g/mol. The molecule has 0 unspecified atom stereocenters. The van der Waals surface area contributed by atoms with Crippen molar-refractivity contribution >= 4 is 17.7 Å². The summed E-state index contributed by atoms with van der Waals surface area (Å²) in [4.78, 5) is 20.4. The van der Waals surface area contributed by atoms with E-state index in [1.165, 1.54) is 18.1 Å². The molecule has 0 aliphatic carbocycles. The molecule has 3 rings (SSSR count). The Bertz CT molecular complexity index is 802. The summed E-state index contributed by atoms with van der Waals surface area (Å²) in [5.41, 5.74) is 2.78. The summed E-state index contributed by atoms with van der Waals surface area (Å²) in [6.07, 6.45) is 6.81. The van der Waals surface area contributed by atoms with E-state index in [1.54, 1.807) is 29.3 Å². The molecule has 0 fully saturated rings. The van der Waals surface area contributed by atoms with Crippen molar-refractivity contribution in [1.29, 1.82) is 0 Å². The summed E-state index contributed by atoms with van der Waals surface area (Å²) in [5, 5.41) is 7.75. The number of hydrogen-bond donors (Lipinski definition) is 1. The Kier molecular flexibility index (Phi) is 5.22. The Balaban J connectivity index is 1.59. The number of carbonyl (C=O) groups excluding carboxylic acids is 1. The van der Waals surface area contributed by atoms with Crippen LogP contribution in [0.3, 0.4) is 0 Å². The van der Waals surface area contributed by atoms with Crippen molar-refractivity contribution in [3.8, 4) is 0 Å². The fourth-order valence-electron chi connectivity index (χ4n) is 2.27. The minimum Gasteiger partial charge on any atom is -0.348 e. The lowest BCUT2D eigenvalue weighted by Crippen LogP contribution is -2.23. The fourth-order valence-corrected chi connectivity index (χ4v) is 2.81. The molecule has 0 spiro atoms. The van der Waals surface area contributed by atoms with Gasteiger partial charge in [0, 0.05) is 12.7 Å². The summed E-state index contributed by atoms with van der Waals surface area (Å²) < 4.78 is 1.77. The van der Waals surface area contributed by atoms with Gasteiger partial charge in [0.25, 0.3) is 5.91 Å². The molecule has 6 nitrogen and oxygen atoms in total. The van der Waals surface area contributed by atoms with Crippen LogP contribution in [0.5, 0.6) is 0 Å². The van der Waals surface area contributed by atoms with Crippen LogP contribution >= 0.6 is 11.8 Å². The summed E-state index contributed by atoms with van der Waals surface area (Å²) in [7, 11) is 0. The molecular weight excluding hydrogens is 322 g/mol. The zero-order chi connectivity index (χ0) is 16.8. The number of carbonyl (C=O) groups is 1. The summed E-state index contributed by atoms with van der Waals surface area (Å²) in [5.74, 6) is -0.112. The van der Waals surface area contributed by atoms with Crippen LogP contribution < -0.4 is 5.32 Å². The van der Waals surface area contributed by atoms with E-state index in [4.69, 9.17) is 0 Å². The molecule has 2 heterocycles. The molecule has 7 heteroatoms. The number of pyridine rings is 1. The van der Waals surface area contributed by atoms with Crippen LogP contribution in [-0.4, -0.2) is 31.9 Å². The number of nitrogens with zero attached hydrogens (tertiary/aromatic N) is 4. The number of benzene rings is 1. The zero-order valence-corrected chi connectivity index (χ0v) is 14.0. The largest absolute Gasteiger partial charge is 0.348 e. The maximum absolute atomic E-state index is 12.3. The first-order chi connectivity index (χ1) is 11.8. The minimum absolute atomic E-state index is 0.112. The maximum Gasteiger partial charge on any atom is 0.254 e. The normalized spacial score (nSPS) is 10.5. The topological polar surface area (TPSA) is 72.7 Å². The average Bonchev–Trinajstić information content (AvgIpc) is 3.14. The molecule has 3 aromatic rings. The van der Waals surface area contributed by atoms with E-state index >= 15 is 0 Å². The highest BCUT2D eigenvalue weighted by molar-refractivity contribution is 7.98. The fraction of sp³-hybridized carbons (Fsp3) is 0.176. The van der Waals surface area contributed by atoms with Gasteiger partial charge in [-0.05, 0) is 29.5 Å². The molecule has 1 amide bonds. The van der Waals surface area contributed by atoms with Crippen molar-refractivity contribution in [1.82, 2.24) is 25.1 Å². The third-order valence-electron chi connectivity index (χ3n) is 3.50. The number of aromatic nitrogens is 4. The van der Waals surface area contributed by atoms with Crippen molar-refractivity contribution in [2.24, 2.45) is 0 Å². The lowest BCUT2D eigenvalue weighted by Gasteiger charge is -2.08. The van der Waals surface area contributed by atoms with Crippen molar-refractivity contribution in [3.05, 3.63) is 71.9 Å². The molecule has 122 valence electrons. The highest BCUT2D eigenvalue weighted by Gasteiger charge is 2.11. The van der Waals surface area contributed by atoms with Gasteiger partial charge in [-0.1, -0.05) is 24.3 Å². The van der Waals surface area contributed by atoms with Crippen molar-refractivity contribution in [3.63, 3.8) is 0 Å². The molecule has 0 aliphatic heterocycles. The van der Waals surface area contributed by atoms with Gasteiger partial charge < -0.3 is 5.32 Å². The Morgan fingerprint density at radius 3 is 2.71 bits per heavy atom. The van der Waals surface area contributed by atoms with Crippen molar-refractivity contribution in [2.45, 2.75) is 18.1 Å². The molecule has 0 atom stereocenters. The van der Waals surface area contributed by atoms with E-state index in [0.29, 0.717) is 18.7 Å². The molecule has 0 saturated carbocycles. The van der Waals surface area contributed by atoms with E-state index in [0.717, 1.165) is 16.2 Å². The number of thioether (sulfide) groups is 1. The Morgan fingerprint density at radius 2 is 2.00 bits per heavy atom. The van der Waals surface area contributed by atoms with Gasteiger partial charge in [-0.25, -0.2) is 14.6 Å². The molecule has 2 aromatic heterocycles. The van der Waals surface area contributed by atoms with Crippen molar-refractivity contribution in [2.75, 3.05) is 6.26 Å². The van der Waals surface area contributed by atoms with Crippen molar-refractivity contribution < 1.29 is 4.79 Å². The van der Waals surface area contributed by atoms with E-state index in [1.807, 2.05) is 30.5 Å². The highest BCUT2D eigenvalue weighted by atomic mass is 32.2. The van der Waals surface area contributed by atoms with Crippen LogP contribution in [-0.2, 0) is 13.1 Å². The first-order valence-electron chi connectivity index (χ1n) is 7.43. The minimum atomic E-state index is -0.112.